The van der Waals surface area contributed by atoms with E-state index >= 15 is 0 Å². The van der Waals surface area contributed by atoms with E-state index in [0.717, 1.165) is 11.2 Å². The molecule has 1 aromatic carbocycles. The number of imide groups is 1. The lowest BCUT2D eigenvalue weighted by Crippen LogP contribution is -2.46. The molecule has 4 rings (SSSR count). The maximum Gasteiger partial charge on any atom is 0.329 e. The molecule has 1 aliphatic rings. The largest absolute Gasteiger partial charge is 0.458 e. The van der Waals surface area contributed by atoms with E-state index in [1.165, 1.54) is 22.6 Å². The van der Waals surface area contributed by atoms with Crippen molar-refractivity contribution >= 4 is 33.3 Å². The molecule has 34 heavy (non-hydrogen) atoms. The number of carbonyl (C=O) groups is 3. The van der Waals surface area contributed by atoms with Crippen molar-refractivity contribution in [2.75, 3.05) is 12.0 Å². The molecule has 176 valence electrons. The zero-order valence-electron chi connectivity index (χ0n) is 18.4. The Kier molecular flexibility index (Phi) is 6.05. The van der Waals surface area contributed by atoms with Crippen LogP contribution >= 0.6 is 0 Å². The van der Waals surface area contributed by atoms with Crippen molar-refractivity contribution in [3.05, 3.63) is 81.4 Å². The number of ether oxygens (including phenoxy) is 1. The van der Waals surface area contributed by atoms with E-state index in [1.807, 2.05) is 0 Å². The number of esters is 1. The Morgan fingerprint density at radius 3 is 2.29 bits per heavy atom. The quantitative estimate of drug-likeness (QED) is 0.361. The Morgan fingerprint density at radius 1 is 1.03 bits per heavy atom. The van der Waals surface area contributed by atoms with Crippen LogP contribution in [-0.4, -0.2) is 58.5 Å². The second-order valence-electron chi connectivity index (χ2n) is 8.01. The van der Waals surface area contributed by atoms with Crippen molar-refractivity contribution in [2.45, 2.75) is 26.0 Å². The van der Waals surface area contributed by atoms with Crippen LogP contribution in [-0.2, 0) is 26.0 Å². The lowest BCUT2D eigenvalue weighted by Gasteiger charge is -2.24. The van der Waals surface area contributed by atoms with E-state index in [9.17, 15) is 27.6 Å². The third kappa shape index (κ3) is 4.46. The molecule has 0 bridgehead atoms. The van der Waals surface area contributed by atoms with Gasteiger partial charge in [0.2, 0.25) is 0 Å². The highest BCUT2D eigenvalue weighted by molar-refractivity contribution is 7.90. The standard InChI is InChI=1S/C23H21N3O7S/c1-14-6-5-9-19-24-15(12-20(27)25(14)19)13-33-23(30)18(10-11-34(2,31)32)26-21(28)16-7-3-4-8-17(16)22(26)29/h3-9,12,18H,10-11,13H2,1-2H3. The van der Waals surface area contributed by atoms with Gasteiger partial charge in [-0.15, -0.1) is 0 Å². The molecule has 1 aliphatic heterocycles. The normalized spacial score (nSPS) is 14.4. The van der Waals surface area contributed by atoms with E-state index < -0.39 is 46.0 Å². The molecular formula is C23H21N3O7S. The van der Waals surface area contributed by atoms with Gasteiger partial charge in [0.25, 0.3) is 17.4 Å². The average Bonchev–Trinajstić information content (AvgIpc) is 3.02. The summed E-state index contributed by atoms with van der Waals surface area (Å²) >= 11 is 0. The average molecular weight is 484 g/mol. The Hall–Kier alpha value is -3.86. The highest BCUT2D eigenvalue weighted by Gasteiger charge is 2.43. The Labute approximate surface area is 194 Å². The molecule has 0 N–H and O–H groups in total. The number of fused-ring (bicyclic) bond motifs is 2. The SMILES string of the molecule is Cc1cccc2nc(COC(=O)C(CCS(C)(=O)=O)N3C(=O)c4ccccc4C3=O)cc(=O)n12. The minimum atomic E-state index is -3.50. The minimum Gasteiger partial charge on any atom is -0.458 e. The number of aryl methyl sites for hydroxylation is 1. The first-order valence-corrected chi connectivity index (χ1v) is 12.4. The van der Waals surface area contributed by atoms with Gasteiger partial charge in [0.05, 0.1) is 22.6 Å². The summed E-state index contributed by atoms with van der Waals surface area (Å²) in [6, 6.07) is 11.0. The molecule has 0 fully saturated rings. The molecule has 0 saturated heterocycles. The second kappa shape index (κ2) is 8.82. The number of aromatic nitrogens is 2. The Balaban J connectivity index is 1.60. The Bertz CT molecular complexity index is 1460. The zero-order valence-corrected chi connectivity index (χ0v) is 19.2. The number of rotatable bonds is 7. The van der Waals surface area contributed by atoms with Gasteiger partial charge < -0.3 is 4.74 Å². The van der Waals surface area contributed by atoms with Crippen LogP contribution in [0.4, 0.5) is 0 Å². The van der Waals surface area contributed by atoms with E-state index in [1.54, 1.807) is 37.3 Å². The number of benzene rings is 1. The number of amides is 2. The summed E-state index contributed by atoms with van der Waals surface area (Å²) in [7, 11) is -3.50. The van der Waals surface area contributed by atoms with Crippen molar-refractivity contribution in [2.24, 2.45) is 0 Å². The van der Waals surface area contributed by atoms with Crippen molar-refractivity contribution in [1.82, 2.24) is 14.3 Å². The van der Waals surface area contributed by atoms with Crippen LogP contribution in [0, 0.1) is 6.92 Å². The van der Waals surface area contributed by atoms with Crippen LogP contribution < -0.4 is 5.56 Å². The molecule has 2 amide bonds. The van der Waals surface area contributed by atoms with Crippen molar-refractivity contribution < 1.29 is 27.5 Å². The molecule has 3 aromatic rings. The molecule has 1 unspecified atom stereocenters. The van der Waals surface area contributed by atoms with Gasteiger partial charge in [0, 0.05) is 18.0 Å². The van der Waals surface area contributed by atoms with Gasteiger partial charge in [0.15, 0.2) is 0 Å². The van der Waals surface area contributed by atoms with E-state index in [-0.39, 0.29) is 28.8 Å². The smallest absolute Gasteiger partial charge is 0.329 e. The molecule has 3 heterocycles. The number of hydrogen-bond donors (Lipinski definition) is 0. The van der Waals surface area contributed by atoms with E-state index in [2.05, 4.69) is 4.98 Å². The molecule has 0 aliphatic carbocycles. The second-order valence-corrected chi connectivity index (χ2v) is 10.3. The monoisotopic (exact) mass is 483 g/mol. The maximum absolute atomic E-state index is 13.0. The van der Waals surface area contributed by atoms with E-state index in [0.29, 0.717) is 11.3 Å². The number of carbonyl (C=O) groups excluding carboxylic acids is 3. The van der Waals surface area contributed by atoms with Crippen LogP contribution in [0.5, 0.6) is 0 Å². The van der Waals surface area contributed by atoms with E-state index in [4.69, 9.17) is 4.74 Å². The number of nitrogens with zero attached hydrogens (tertiary/aromatic N) is 3. The molecule has 10 nitrogen and oxygen atoms in total. The Morgan fingerprint density at radius 2 is 1.68 bits per heavy atom. The van der Waals surface area contributed by atoms with Crippen LogP contribution in [0.25, 0.3) is 5.65 Å². The van der Waals surface area contributed by atoms with Crippen molar-refractivity contribution in [3.63, 3.8) is 0 Å². The first-order valence-electron chi connectivity index (χ1n) is 10.4. The highest BCUT2D eigenvalue weighted by Crippen LogP contribution is 2.26. The minimum absolute atomic E-state index is 0.129. The van der Waals surface area contributed by atoms with Gasteiger partial charge in [-0.1, -0.05) is 18.2 Å². The molecule has 11 heteroatoms. The van der Waals surface area contributed by atoms with Crippen LogP contribution in [0.1, 0.15) is 38.5 Å². The van der Waals surface area contributed by atoms with Gasteiger partial charge >= 0.3 is 5.97 Å². The van der Waals surface area contributed by atoms with Crippen LogP contribution in [0.3, 0.4) is 0 Å². The molecule has 0 radical (unpaired) electrons. The third-order valence-electron chi connectivity index (χ3n) is 5.47. The van der Waals surface area contributed by atoms with Crippen LogP contribution in [0.15, 0.2) is 53.3 Å². The van der Waals surface area contributed by atoms with Gasteiger partial charge in [0.1, 0.15) is 28.1 Å². The number of pyridine rings is 1. The fourth-order valence-electron chi connectivity index (χ4n) is 3.85. The van der Waals surface area contributed by atoms with Gasteiger partial charge in [-0.05, 0) is 37.6 Å². The fourth-order valence-corrected chi connectivity index (χ4v) is 4.50. The summed E-state index contributed by atoms with van der Waals surface area (Å²) < 4.78 is 30.2. The van der Waals surface area contributed by atoms with Crippen molar-refractivity contribution in [1.29, 1.82) is 0 Å². The highest BCUT2D eigenvalue weighted by atomic mass is 32.2. The molecule has 2 aromatic heterocycles. The maximum atomic E-state index is 13.0. The first-order chi connectivity index (χ1) is 16.1. The van der Waals surface area contributed by atoms with Crippen molar-refractivity contribution in [3.8, 4) is 0 Å². The van der Waals surface area contributed by atoms with Gasteiger partial charge in [-0.25, -0.2) is 18.2 Å². The molecule has 0 spiro atoms. The first kappa shape index (κ1) is 23.3. The fraction of sp³-hybridized carbons (Fsp3) is 0.261. The summed E-state index contributed by atoms with van der Waals surface area (Å²) in [6.07, 6.45) is 0.669. The number of sulfone groups is 1. The summed E-state index contributed by atoms with van der Waals surface area (Å²) in [5.74, 6) is -2.80. The summed E-state index contributed by atoms with van der Waals surface area (Å²) in [5, 5.41) is 0. The topological polar surface area (TPSA) is 132 Å². The van der Waals surface area contributed by atoms with Gasteiger partial charge in [-0.3, -0.25) is 23.7 Å². The molecular weight excluding hydrogens is 462 g/mol. The zero-order chi connectivity index (χ0) is 24.6. The summed E-state index contributed by atoms with van der Waals surface area (Å²) in [5.41, 5.74) is 1.13. The van der Waals surface area contributed by atoms with Crippen LogP contribution in [0.2, 0.25) is 0 Å². The predicted molar refractivity (Wildman–Crippen MR) is 121 cm³/mol. The third-order valence-corrected chi connectivity index (χ3v) is 6.44. The molecule has 1 atom stereocenters. The number of hydrogen-bond acceptors (Lipinski definition) is 8. The lowest BCUT2D eigenvalue weighted by molar-refractivity contribution is -0.149. The summed E-state index contributed by atoms with van der Waals surface area (Å²) in [4.78, 5) is 56.2. The lowest BCUT2D eigenvalue weighted by atomic mass is 10.1. The molecule has 0 saturated carbocycles. The summed E-state index contributed by atoms with van der Waals surface area (Å²) in [6.45, 7) is 1.36. The van der Waals surface area contributed by atoms with Gasteiger partial charge in [-0.2, -0.15) is 0 Å². The predicted octanol–water partition coefficient (Wildman–Crippen LogP) is 1.15.